The number of carbonyl (C=O) groups is 1. The SMILES string of the molecule is COc1ccc(-c2cccc(C3(C)CC(=O)N(C)C(N)=N3)c2)c(OC)c1OC. The molecular formula is C21H25N3O4. The number of ether oxygens (including phenoxy) is 3. The van der Waals surface area contributed by atoms with Crippen molar-refractivity contribution in [3.05, 3.63) is 42.0 Å². The highest BCUT2D eigenvalue weighted by Gasteiger charge is 2.36. The van der Waals surface area contributed by atoms with E-state index in [0.29, 0.717) is 17.2 Å². The lowest BCUT2D eigenvalue weighted by molar-refractivity contribution is -0.128. The number of carbonyl (C=O) groups excluding carboxylic acids is 1. The van der Waals surface area contributed by atoms with Gasteiger partial charge >= 0.3 is 0 Å². The lowest BCUT2D eigenvalue weighted by Crippen LogP contribution is -2.47. The van der Waals surface area contributed by atoms with E-state index in [1.807, 2.05) is 43.3 Å². The molecule has 0 aromatic heterocycles. The maximum absolute atomic E-state index is 12.3. The van der Waals surface area contributed by atoms with Gasteiger partial charge in [-0.1, -0.05) is 18.2 Å². The zero-order valence-electron chi connectivity index (χ0n) is 16.8. The Labute approximate surface area is 164 Å². The number of nitrogens with zero attached hydrogens (tertiary/aromatic N) is 2. The topological polar surface area (TPSA) is 86.4 Å². The van der Waals surface area contributed by atoms with Crippen LogP contribution >= 0.6 is 0 Å². The summed E-state index contributed by atoms with van der Waals surface area (Å²) >= 11 is 0. The first kappa shape index (κ1) is 19.5. The quantitative estimate of drug-likeness (QED) is 0.858. The van der Waals surface area contributed by atoms with Crippen molar-refractivity contribution in [3.63, 3.8) is 0 Å². The molecule has 1 aliphatic rings. The lowest BCUT2D eigenvalue weighted by Gasteiger charge is -2.33. The number of amides is 1. The predicted molar refractivity (Wildman–Crippen MR) is 108 cm³/mol. The fraction of sp³-hybridized carbons (Fsp3) is 0.333. The second kappa shape index (κ2) is 7.42. The molecule has 1 aliphatic heterocycles. The molecule has 3 rings (SSSR count). The predicted octanol–water partition coefficient (Wildman–Crippen LogP) is 2.77. The molecule has 0 fully saturated rings. The highest BCUT2D eigenvalue weighted by Crippen LogP contribution is 2.45. The molecule has 0 saturated carbocycles. The van der Waals surface area contributed by atoms with E-state index in [4.69, 9.17) is 19.9 Å². The van der Waals surface area contributed by atoms with Gasteiger partial charge in [-0.25, -0.2) is 4.99 Å². The minimum atomic E-state index is -0.729. The van der Waals surface area contributed by atoms with Crippen LogP contribution in [0.15, 0.2) is 41.4 Å². The van der Waals surface area contributed by atoms with Gasteiger partial charge in [-0.15, -0.1) is 0 Å². The molecule has 28 heavy (non-hydrogen) atoms. The summed E-state index contributed by atoms with van der Waals surface area (Å²) in [7, 11) is 6.37. The van der Waals surface area contributed by atoms with Gasteiger partial charge < -0.3 is 19.9 Å². The third-order valence-corrected chi connectivity index (χ3v) is 5.07. The summed E-state index contributed by atoms with van der Waals surface area (Å²) in [6.45, 7) is 1.91. The van der Waals surface area contributed by atoms with Crippen LogP contribution < -0.4 is 19.9 Å². The highest BCUT2D eigenvalue weighted by atomic mass is 16.5. The van der Waals surface area contributed by atoms with Gasteiger partial charge in [0, 0.05) is 12.6 Å². The van der Waals surface area contributed by atoms with Crippen molar-refractivity contribution in [1.29, 1.82) is 0 Å². The van der Waals surface area contributed by atoms with Crippen LogP contribution in [-0.2, 0) is 10.3 Å². The van der Waals surface area contributed by atoms with Gasteiger partial charge in [0.25, 0.3) is 0 Å². The third kappa shape index (κ3) is 3.24. The second-order valence-corrected chi connectivity index (χ2v) is 6.84. The molecule has 1 unspecified atom stereocenters. The molecule has 1 heterocycles. The van der Waals surface area contributed by atoms with E-state index < -0.39 is 5.54 Å². The first-order chi connectivity index (χ1) is 13.3. The van der Waals surface area contributed by atoms with Crippen LogP contribution in [-0.4, -0.2) is 45.1 Å². The summed E-state index contributed by atoms with van der Waals surface area (Å²) in [5.74, 6) is 1.84. The minimum absolute atomic E-state index is 0.0656. The Morgan fingerprint density at radius 2 is 1.79 bits per heavy atom. The van der Waals surface area contributed by atoms with Gasteiger partial charge in [0.15, 0.2) is 17.5 Å². The summed E-state index contributed by atoms with van der Waals surface area (Å²) in [5, 5.41) is 0. The molecule has 1 atom stereocenters. The van der Waals surface area contributed by atoms with Gasteiger partial charge in [-0.05, 0) is 36.2 Å². The number of hydrogen-bond acceptors (Lipinski definition) is 6. The maximum Gasteiger partial charge on any atom is 0.231 e. The number of aliphatic imine (C=N–C) groups is 1. The molecule has 7 heteroatoms. The highest BCUT2D eigenvalue weighted by molar-refractivity contribution is 5.98. The molecule has 0 saturated heterocycles. The number of benzene rings is 2. The molecule has 0 spiro atoms. The summed E-state index contributed by atoms with van der Waals surface area (Å²) < 4.78 is 16.5. The number of nitrogens with two attached hydrogens (primary N) is 1. The van der Waals surface area contributed by atoms with E-state index in [1.165, 1.54) is 4.90 Å². The molecular weight excluding hydrogens is 358 g/mol. The smallest absolute Gasteiger partial charge is 0.231 e. The zero-order valence-corrected chi connectivity index (χ0v) is 16.8. The number of hydrogen-bond donors (Lipinski definition) is 1. The van der Waals surface area contributed by atoms with Crippen molar-refractivity contribution in [2.24, 2.45) is 10.7 Å². The molecule has 2 N–H and O–H groups in total. The Hall–Kier alpha value is -3.22. The van der Waals surface area contributed by atoms with Crippen LogP contribution in [0.3, 0.4) is 0 Å². The Bertz CT molecular complexity index is 941. The van der Waals surface area contributed by atoms with Gasteiger partial charge in [0.05, 0.1) is 33.3 Å². The van der Waals surface area contributed by atoms with Crippen molar-refractivity contribution in [3.8, 4) is 28.4 Å². The number of methoxy groups -OCH3 is 3. The van der Waals surface area contributed by atoms with Crippen LogP contribution in [0, 0.1) is 0 Å². The van der Waals surface area contributed by atoms with Gasteiger partial charge in [0.1, 0.15) is 0 Å². The Balaban J connectivity index is 2.12. The lowest BCUT2D eigenvalue weighted by atomic mass is 9.86. The first-order valence-electron chi connectivity index (χ1n) is 8.86. The molecule has 148 valence electrons. The van der Waals surface area contributed by atoms with E-state index in [0.717, 1.165) is 16.7 Å². The largest absolute Gasteiger partial charge is 0.493 e. The van der Waals surface area contributed by atoms with Crippen molar-refractivity contribution >= 4 is 11.9 Å². The van der Waals surface area contributed by atoms with E-state index in [1.54, 1.807) is 28.4 Å². The van der Waals surface area contributed by atoms with Crippen LogP contribution in [0.5, 0.6) is 17.2 Å². The molecule has 1 amide bonds. The van der Waals surface area contributed by atoms with Gasteiger partial charge in [-0.3, -0.25) is 9.69 Å². The summed E-state index contributed by atoms with van der Waals surface area (Å²) in [4.78, 5) is 18.3. The number of guanidine groups is 1. The average molecular weight is 383 g/mol. The monoisotopic (exact) mass is 383 g/mol. The molecule has 2 aromatic carbocycles. The van der Waals surface area contributed by atoms with Crippen LogP contribution in [0.1, 0.15) is 18.9 Å². The zero-order chi connectivity index (χ0) is 20.5. The van der Waals surface area contributed by atoms with E-state index in [2.05, 4.69) is 4.99 Å². The van der Waals surface area contributed by atoms with Crippen LogP contribution in [0.2, 0.25) is 0 Å². The fourth-order valence-electron chi connectivity index (χ4n) is 3.43. The maximum atomic E-state index is 12.3. The second-order valence-electron chi connectivity index (χ2n) is 6.84. The standard InChI is InChI=1S/C21H25N3O4/c1-21(12-17(25)24(2)20(22)23-21)14-8-6-7-13(11-14)15-9-10-16(26-3)19(28-5)18(15)27-4/h6-11H,12H2,1-5H3,(H2,22,23). The molecule has 0 radical (unpaired) electrons. The minimum Gasteiger partial charge on any atom is -0.493 e. The van der Waals surface area contributed by atoms with Gasteiger partial charge in [-0.2, -0.15) is 0 Å². The molecule has 0 aliphatic carbocycles. The van der Waals surface area contributed by atoms with E-state index >= 15 is 0 Å². The average Bonchev–Trinajstić information content (AvgIpc) is 2.70. The van der Waals surface area contributed by atoms with Crippen molar-refractivity contribution < 1.29 is 19.0 Å². The van der Waals surface area contributed by atoms with Crippen molar-refractivity contribution in [2.75, 3.05) is 28.4 Å². The summed E-state index contributed by atoms with van der Waals surface area (Å²) in [5.41, 5.74) is 7.88. The third-order valence-electron chi connectivity index (χ3n) is 5.07. The number of rotatable bonds is 5. The summed E-state index contributed by atoms with van der Waals surface area (Å²) in [6.07, 6.45) is 0.247. The molecule has 0 bridgehead atoms. The van der Waals surface area contributed by atoms with Crippen LogP contribution in [0.25, 0.3) is 11.1 Å². The Morgan fingerprint density at radius 3 is 2.39 bits per heavy atom. The van der Waals surface area contributed by atoms with Gasteiger partial charge in [0.2, 0.25) is 11.7 Å². The Morgan fingerprint density at radius 1 is 1.07 bits per heavy atom. The summed E-state index contributed by atoms with van der Waals surface area (Å²) in [6, 6.07) is 11.6. The fourth-order valence-corrected chi connectivity index (χ4v) is 3.43. The first-order valence-corrected chi connectivity index (χ1v) is 8.86. The molecule has 7 nitrogen and oxygen atoms in total. The molecule has 2 aromatic rings. The van der Waals surface area contributed by atoms with E-state index in [9.17, 15) is 4.79 Å². The van der Waals surface area contributed by atoms with E-state index in [-0.39, 0.29) is 18.3 Å². The van der Waals surface area contributed by atoms with Crippen molar-refractivity contribution in [1.82, 2.24) is 4.90 Å². The Kier molecular flexibility index (Phi) is 5.18. The van der Waals surface area contributed by atoms with Crippen LogP contribution in [0.4, 0.5) is 0 Å². The van der Waals surface area contributed by atoms with Crippen molar-refractivity contribution in [2.45, 2.75) is 18.9 Å². The normalized spacial score (nSPS) is 19.2.